The van der Waals surface area contributed by atoms with Crippen molar-refractivity contribution in [3.05, 3.63) is 90.5 Å². The first-order valence-electron chi connectivity index (χ1n) is 8.25. The summed E-state index contributed by atoms with van der Waals surface area (Å²) in [5, 5.41) is 2.47. The third-order valence-corrected chi connectivity index (χ3v) is 5.63. The molecule has 0 aliphatic carbocycles. The molecule has 1 amide bonds. The summed E-state index contributed by atoms with van der Waals surface area (Å²) >= 11 is 0. The Balaban J connectivity index is 1.91. The molecule has 0 fully saturated rings. The highest BCUT2D eigenvalue weighted by Crippen LogP contribution is 2.24. The standard InChI is InChI=1S/C20H16F2N2O3S/c21-15-9-11-19(12-10-15)28(26,27)24(18-7-2-1-3-8-18)14-20(25)23-17-6-4-5-16(22)13-17/h1-13H,14H2,(H,23,25). The minimum Gasteiger partial charge on any atom is -0.324 e. The molecule has 0 saturated heterocycles. The van der Waals surface area contributed by atoms with Crippen LogP contribution in [0.2, 0.25) is 0 Å². The van der Waals surface area contributed by atoms with Crippen molar-refractivity contribution in [2.24, 2.45) is 0 Å². The zero-order chi connectivity index (χ0) is 20.1. The van der Waals surface area contributed by atoms with Crippen molar-refractivity contribution in [1.29, 1.82) is 0 Å². The van der Waals surface area contributed by atoms with Gasteiger partial charge in [-0.1, -0.05) is 24.3 Å². The van der Waals surface area contributed by atoms with Gasteiger partial charge in [-0.3, -0.25) is 9.10 Å². The molecule has 144 valence electrons. The Morgan fingerprint density at radius 2 is 1.54 bits per heavy atom. The molecule has 0 bridgehead atoms. The fourth-order valence-corrected chi connectivity index (χ4v) is 3.96. The number of benzene rings is 3. The average Bonchev–Trinajstić information content (AvgIpc) is 2.67. The first kappa shape index (κ1) is 19.5. The fourth-order valence-electron chi connectivity index (χ4n) is 2.54. The number of para-hydroxylation sites is 1. The number of sulfonamides is 1. The molecular formula is C20H16F2N2O3S. The van der Waals surface area contributed by atoms with Crippen LogP contribution >= 0.6 is 0 Å². The molecule has 1 N–H and O–H groups in total. The fraction of sp³-hybridized carbons (Fsp3) is 0.0500. The minimum absolute atomic E-state index is 0.156. The molecule has 0 atom stereocenters. The molecule has 0 saturated carbocycles. The van der Waals surface area contributed by atoms with E-state index < -0.39 is 34.1 Å². The highest BCUT2D eigenvalue weighted by atomic mass is 32.2. The van der Waals surface area contributed by atoms with Crippen LogP contribution in [0.25, 0.3) is 0 Å². The quantitative estimate of drug-likeness (QED) is 0.682. The molecule has 3 rings (SSSR count). The lowest BCUT2D eigenvalue weighted by molar-refractivity contribution is -0.114. The predicted molar refractivity (Wildman–Crippen MR) is 102 cm³/mol. The molecule has 8 heteroatoms. The maximum atomic E-state index is 13.3. The van der Waals surface area contributed by atoms with Crippen molar-refractivity contribution in [1.82, 2.24) is 0 Å². The van der Waals surface area contributed by atoms with Crippen LogP contribution in [0.3, 0.4) is 0 Å². The van der Waals surface area contributed by atoms with Gasteiger partial charge < -0.3 is 5.32 Å². The maximum absolute atomic E-state index is 13.3. The first-order chi connectivity index (χ1) is 13.4. The Labute approximate surface area is 161 Å². The number of rotatable bonds is 6. The molecule has 3 aromatic rings. The van der Waals surface area contributed by atoms with Crippen molar-refractivity contribution in [2.45, 2.75) is 4.90 Å². The van der Waals surface area contributed by atoms with E-state index in [1.54, 1.807) is 18.2 Å². The van der Waals surface area contributed by atoms with E-state index in [-0.39, 0.29) is 16.3 Å². The smallest absolute Gasteiger partial charge is 0.264 e. The molecule has 3 aromatic carbocycles. The highest BCUT2D eigenvalue weighted by molar-refractivity contribution is 7.92. The number of nitrogens with zero attached hydrogens (tertiary/aromatic N) is 1. The van der Waals surface area contributed by atoms with E-state index in [1.807, 2.05) is 0 Å². The summed E-state index contributed by atoms with van der Waals surface area (Å²) in [5.41, 5.74) is 0.471. The van der Waals surface area contributed by atoms with E-state index in [0.29, 0.717) is 0 Å². The molecule has 0 heterocycles. The number of hydrogen-bond donors (Lipinski definition) is 1. The second-order valence-corrected chi connectivity index (χ2v) is 7.72. The van der Waals surface area contributed by atoms with Crippen LogP contribution in [-0.4, -0.2) is 20.9 Å². The van der Waals surface area contributed by atoms with E-state index in [1.165, 1.54) is 30.3 Å². The summed E-state index contributed by atoms with van der Waals surface area (Å²) in [7, 11) is -4.13. The Hall–Kier alpha value is -3.26. The van der Waals surface area contributed by atoms with Crippen molar-refractivity contribution in [2.75, 3.05) is 16.2 Å². The lowest BCUT2D eigenvalue weighted by atomic mass is 10.3. The van der Waals surface area contributed by atoms with Gasteiger partial charge in [0.05, 0.1) is 10.6 Å². The summed E-state index contributed by atoms with van der Waals surface area (Å²) in [5.74, 6) is -1.76. The van der Waals surface area contributed by atoms with Crippen molar-refractivity contribution in [3.8, 4) is 0 Å². The lowest BCUT2D eigenvalue weighted by Crippen LogP contribution is -2.38. The summed E-state index contributed by atoms with van der Waals surface area (Å²) in [4.78, 5) is 12.3. The average molecular weight is 402 g/mol. The monoisotopic (exact) mass is 402 g/mol. The van der Waals surface area contributed by atoms with Crippen LogP contribution < -0.4 is 9.62 Å². The normalized spacial score (nSPS) is 11.1. The molecule has 0 unspecified atom stereocenters. The van der Waals surface area contributed by atoms with Crippen molar-refractivity contribution >= 4 is 27.3 Å². The molecule has 5 nitrogen and oxygen atoms in total. The van der Waals surface area contributed by atoms with Gasteiger partial charge in [-0.25, -0.2) is 17.2 Å². The van der Waals surface area contributed by atoms with E-state index in [2.05, 4.69) is 5.32 Å². The Morgan fingerprint density at radius 1 is 0.857 bits per heavy atom. The van der Waals surface area contributed by atoms with Gasteiger partial charge in [-0.2, -0.15) is 0 Å². The molecule has 28 heavy (non-hydrogen) atoms. The molecule has 0 aliphatic rings. The third-order valence-electron chi connectivity index (χ3n) is 3.84. The number of carbonyl (C=O) groups excluding carboxylic acids is 1. The van der Waals surface area contributed by atoms with Crippen LogP contribution in [0.4, 0.5) is 20.2 Å². The van der Waals surface area contributed by atoms with E-state index in [4.69, 9.17) is 0 Å². The number of halogens is 2. The van der Waals surface area contributed by atoms with E-state index in [0.717, 1.165) is 34.6 Å². The summed E-state index contributed by atoms with van der Waals surface area (Å²) in [6, 6.07) is 17.6. The lowest BCUT2D eigenvalue weighted by Gasteiger charge is -2.24. The van der Waals surface area contributed by atoms with Gasteiger partial charge in [-0.05, 0) is 54.6 Å². The Bertz CT molecular complexity index is 1070. The van der Waals surface area contributed by atoms with Gasteiger partial charge in [0.2, 0.25) is 5.91 Å². The van der Waals surface area contributed by atoms with Crippen LogP contribution in [0.5, 0.6) is 0 Å². The number of amides is 1. The largest absolute Gasteiger partial charge is 0.324 e. The third kappa shape index (κ3) is 4.52. The minimum atomic E-state index is -4.13. The topological polar surface area (TPSA) is 66.5 Å². The van der Waals surface area contributed by atoms with Crippen molar-refractivity contribution in [3.63, 3.8) is 0 Å². The zero-order valence-corrected chi connectivity index (χ0v) is 15.4. The van der Waals surface area contributed by atoms with Crippen LogP contribution in [0.15, 0.2) is 83.8 Å². The van der Waals surface area contributed by atoms with Gasteiger partial charge in [-0.15, -0.1) is 0 Å². The summed E-state index contributed by atoms with van der Waals surface area (Å²) in [6.45, 7) is -0.541. The van der Waals surface area contributed by atoms with E-state index >= 15 is 0 Å². The number of carbonyl (C=O) groups is 1. The number of anilines is 2. The van der Waals surface area contributed by atoms with Crippen LogP contribution in [-0.2, 0) is 14.8 Å². The predicted octanol–water partition coefficient (Wildman–Crippen LogP) is 3.80. The second kappa shape index (κ2) is 8.18. The highest BCUT2D eigenvalue weighted by Gasteiger charge is 2.27. The molecular weight excluding hydrogens is 386 g/mol. The Kier molecular flexibility index (Phi) is 5.70. The van der Waals surface area contributed by atoms with Gasteiger partial charge in [0.15, 0.2) is 0 Å². The zero-order valence-electron chi connectivity index (χ0n) is 14.5. The SMILES string of the molecule is O=C(CN(c1ccccc1)S(=O)(=O)c1ccc(F)cc1)Nc1cccc(F)c1. The first-order valence-corrected chi connectivity index (χ1v) is 9.69. The molecule has 0 aromatic heterocycles. The van der Waals surface area contributed by atoms with Gasteiger partial charge in [0.1, 0.15) is 18.2 Å². The second-order valence-electron chi connectivity index (χ2n) is 5.86. The maximum Gasteiger partial charge on any atom is 0.264 e. The van der Waals surface area contributed by atoms with Gasteiger partial charge in [0.25, 0.3) is 10.0 Å². The Morgan fingerprint density at radius 3 is 2.18 bits per heavy atom. The molecule has 0 spiro atoms. The number of hydrogen-bond acceptors (Lipinski definition) is 3. The van der Waals surface area contributed by atoms with Crippen LogP contribution in [0, 0.1) is 11.6 Å². The molecule has 0 radical (unpaired) electrons. The van der Waals surface area contributed by atoms with Crippen LogP contribution in [0.1, 0.15) is 0 Å². The van der Waals surface area contributed by atoms with Gasteiger partial charge >= 0.3 is 0 Å². The van der Waals surface area contributed by atoms with Crippen molar-refractivity contribution < 1.29 is 22.0 Å². The summed E-state index contributed by atoms with van der Waals surface area (Å²) < 4.78 is 53.5. The number of nitrogens with one attached hydrogen (secondary N) is 1. The molecule has 0 aliphatic heterocycles. The summed E-state index contributed by atoms with van der Waals surface area (Å²) in [6.07, 6.45) is 0. The van der Waals surface area contributed by atoms with Gasteiger partial charge in [0, 0.05) is 5.69 Å². The van der Waals surface area contributed by atoms with E-state index in [9.17, 15) is 22.0 Å².